The second-order valence-corrected chi connectivity index (χ2v) is 4.78. The number of nitrogens with one attached hydrogen (secondary N) is 1. The highest BCUT2D eigenvalue weighted by Gasteiger charge is 2.11. The summed E-state index contributed by atoms with van der Waals surface area (Å²) in [4.78, 5) is 0. The van der Waals surface area contributed by atoms with Crippen LogP contribution in [0.15, 0.2) is 22.8 Å². The van der Waals surface area contributed by atoms with Gasteiger partial charge in [0.25, 0.3) is 0 Å². The van der Waals surface area contributed by atoms with Crippen molar-refractivity contribution in [3.63, 3.8) is 0 Å². The highest BCUT2D eigenvalue weighted by molar-refractivity contribution is 6.44. The van der Waals surface area contributed by atoms with Gasteiger partial charge in [0.15, 0.2) is 5.58 Å². The van der Waals surface area contributed by atoms with E-state index in [9.17, 15) is 0 Å². The monoisotopic (exact) mass is 271 g/mol. The lowest BCUT2D eigenvalue weighted by Crippen LogP contribution is -2.17. The maximum absolute atomic E-state index is 6.08. The summed E-state index contributed by atoms with van der Waals surface area (Å²) in [6, 6.07) is 3.77. The van der Waals surface area contributed by atoms with Crippen LogP contribution in [0, 0.1) is 0 Å². The van der Waals surface area contributed by atoms with Crippen LogP contribution in [-0.4, -0.2) is 13.1 Å². The summed E-state index contributed by atoms with van der Waals surface area (Å²) in [7, 11) is 0. The van der Waals surface area contributed by atoms with Crippen LogP contribution in [0.3, 0.4) is 0 Å². The minimum atomic E-state index is 0.497. The number of furan rings is 1. The third-order valence-corrected chi connectivity index (χ3v) is 3.50. The maximum Gasteiger partial charge on any atom is 0.154 e. The molecule has 0 radical (unpaired) electrons. The Bertz CT molecular complexity index is 507. The molecule has 0 aliphatic heterocycles. The smallest absolute Gasteiger partial charge is 0.154 e. The first-order valence-corrected chi connectivity index (χ1v) is 6.54. The third kappa shape index (κ3) is 2.76. The van der Waals surface area contributed by atoms with Gasteiger partial charge in [0.2, 0.25) is 0 Å². The number of benzene rings is 1. The summed E-state index contributed by atoms with van der Waals surface area (Å²) in [6.45, 7) is 4.15. The molecular weight excluding hydrogens is 257 g/mol. The molecule has 0 saturated heterocycles. The molecular formula is C13H15Cl2NO. The van der Waals surface area contributed by atoms with E-state index in [1.807, 2.05) is 12.1 Å². The van der Waals surface area contributed by atoms with Crippen molar-refractivity contribution in [1.82, 2.24) is 5.32 Å². The standard InChI is InChI=1S/C13H15Cl2NO/c1-2-6-16-7-5-9-8-17-13-10(9)3-4-11(14)12(13)15/h3-4,8,16H,2,5-7H2,1H3. The molecule has 4 heteroatoms. The predicted octanol–water partition coefficient (Wildman–Crippen LogP) is 4.28. The van der Waals surface area contributed by atoms with Gasteiger partial charge < -0.3 is 9.73 Å². The molecule has 1 aromatic carbocycles. The molecule has 0 unspecified atom stereocenters. The van der Waals surface area contributed by atoms with E-state index in [2.05, 4.69) is 12.2 Å². The van der Waals surface area contributed by atoms with Crippen molar-refractivity contribution in [2.24, 2.45) is 0 Å². The fraction of sp³-hybridized carbons (Fsp3) is 0.385. The highest BCUT2D eigenvalue weighted by Crippen LogP contribution is 2.33. The Balaban J connectivity index is 2.16. The van der Waals surface area contributed by atoms with Crippen molar-refractivity contribution in [3.8, 4) is 0 Å². The summed E-state index contributed by atoms with van der Waals surface area (Å²) in [5.41, 5.74) is 1.85. The quantitative estimate of drug-likeness (QED) is 0.822. The van der Waals surface area contributed by atoms with Crippen molar-refractivity contribution < 1.29 is 4.42 Å². The van der Waals surface area contributed by atoms with Crippen LogP contribution in [0.2, 0.25) is 10.0 Å². The van der Waals surface area contributed by atoms with Crippen LogP contribution in [0.4, 0.5) is 0 Å². The average molecular weight is 272 g/mol. The lowest BCUT2D eigenvalue weighted by atomic mass is 10.1. The number of fused-ring (bicyclic) bond motifs is 1. The SMILES string of the molecule is CCCNCCc1coc2c(Cl)c(Cl)ccc12. The maximum atomic E-state index is 6.08. The molecule has 0 bridgehead atoms. The normalized spacial score (nSPS) is 11.2. The molecule has 0 aliphatic rings. The Kier molecular flexibility index (Phi) is 4.32. The molecule has 1 aromatic heterocycles. The van der Waals surface area contributed by atoms with Gasteiger partial charge in [-0.15, -0.1) is 0 Å². The topological polar surface area (TPSA) is 25.2 Å². The number of rotatable bonds is 5. The molecule has 2 nitrogen and oxygen atoms in total. The van der Waals surface area contributed by atoms with Gasteiger partial charge in [0.1, 0.15) is 5.02 Å². The predicted molar refractivity (Wildman–Crippen MR) is 73.1 cm³/mol. The van der Waals surface area contributed by atoms with E-state index in [1.54, 1.807) is 6.26 Å². The zero-order chi connectivity index (χ0) is 12.3. The highest BCUT2D eigenvalue weighted by atomic mass is 35.5. The van der Waals surface area contributed by atoms with E-state index < -0.39 is 0 Å². The Morgan fingerprint density at radius 2 is 2.06 bits per heavy atom. The molecule has 1 N–H and O–H groups in total. The Labute approximate surface area is 111 Å². The van der Waals surface area contributed by atoms with E-state index in [0.29, 0.717) is 15.6 Å². The Morgan fingerprint density at radius 3 is 2.82 bits per heavy atom. The minimum absolute atomic E-state index is 0.497. The van der Waals surface area contributed by atoms with E-state index in [0.717, 1.165) is 31.3 Å². The van der Waals surface area contributed by atoms with Gasteiger partial charge in [0, 0.05) is 5.39 Å². The van der Waals surface area contributed by atoms with Crippen molar-refractivity contribution in [1.29, 1.82) is 0 Å². The average Bonchev–Trinajstić information content (AvgIpc) is 2.73. The van der Waals surface area contributed by atoms with Gasteiger partial charge in [-0.2, -0.15) is 0 Å². The van der Waals surface area contributed by atoms with Crippen LogP contribution in [0.1, 0.15) is 18.9 Å². The lowest BCUT2D eigenvalue weighted by molar-refractivity contribution is 0.605. The Morgan fingerprint density at radius 1 is 1.24 bits per heavy atom. The molecule has 2 rings (SSSR count). The fourth-order valence-corrected chi connectivity index (χ4v) is 2.17. The van der Waals surface area contributed by atoms with Crippen LogP contribution >= 0.6 is 23.2 Å². The van der Waals surface area contributed by atoms with Gasteiger partial charge in [0.05, 0.1) is 11.3 Å². The second kappa shape index (κ2) is 5.76. The molecule has 0 saturated carbocycles. The van der Waals surface area contributed by atoms with Gasteiger partial charge in [-0.05, 0) is 43.6 Å². The van der Waals surface area contributed by atoms with Crippen LogP contribution in [-0.2, 0) is 6.42 Å². The number of hydrogen-bond donors (Lipinski definition) is 1. The molecule has 17 heavy (non-hydrogen) atoms. The Hall–Kier alpha value is -0.700. The summed E-state index contributed by atoms with van der Waals surface area (Å²) in [5, 5.41) is 5.45. The van der Waals surface area contributed by atoms with Crippen LogP contribution < -0.4 is 5.32 Å². The van der Waals surface area contributed by atoms with Crippen molar-refractivity contribution >= 4 is 34.2 Å². The van der Waals surface area contributed by atoms with E-state index in [1.165, 1.54) is 5.56 Å². The molecule has 0 spiro atoms. The first-order valence-electron chi connectivity index (χ1n) is 5.78. The summed E-state index contributed by atoms with van der Waals surface area (Å²) < 4.78 is 5.47. The number of hydrogen-bond acceptors (Lipinski definition) is 2. The minimum Gasteiger partial charge on any atom is -0.462 e. The molecule has 0 atom stereocenters. The molecule has 92 valence electrons. The molecule has 2 aromatic rings. The zero-order valence-electron chi connectivity index (χ0n) is 9.72. The number of halogens is 2. The third-order valence-electron chi connectivity index (χ3n) is 2.71. The second-order valence-electron chi connectivity index (χ2n) is 4.00. The first kappa shape index (κ1) is 12.7. The molecule has 0 fully saturated rings. The summed E-state index contributed by atoms with van der Waals surface area (Å²) >= 11 is 12.0. The molecule has 1 heterocycles. The lowest BCUT2D eigenvalue weighted by Gasteiger charge is -2.01. The summed E-state index contributed by atoms with van der Waals surface area (Å²) in [6.07, 6.45) is 3.85. The van der Waals surface area contributed by atoms with E-state index in [-0.39, 0.29) is 0 Å². The van der Waals surface area contributed by atoms with Gasteiger partial charge in [-0.25, -0.2) is 0 Å². The zero-order valence-corrected chi connectivity index (χ0v) is 11.2. The van der Waals surface area contributed by atoms with Crippen LogP contribution in [0.5, 0.6) is 0 Å². The van der Waals surface area contributed by atoms with Gasteiger partial charge in [-0.1, -0.05) is 30.1 Å². The first-order chi connectivity index (χ1) is 8.24. The summed E-state index contributed by atoms with van der Waals surface area (Å²) in [5.74, 6) is 0. The molecule has 0 aliphatic carbocycles. The fourth-order valence-electron chi connectivity index (χ4n) is 1.81. The van der Waals surface area contributed by atoms with E-state index in [4.69, 9.17) is 27.6 Å². The largest absolute Gasteiger partial charge is 0.462 e. The van der Waals surface area contributed by atoms with Crippen LogP contribution in [0.25, 0.3) is 11.0 Å². The molecule has 0 amide bonds. The van der Waals surface area contributed by atoms with Crippen molar-refractivity contribution in [2.45, 2.75) is 19.8 Å². The van der Waals surface area contributed by atoms with Crippen molar-refractivity contribution in [2.75, 3.05) is 13.1 Å². The van der Waals surface area contributed by atoms with Gasteiger partial charge in [-0.3, -0.25) is 0 Å². The van der Waals surface area contributed by atoms with Gasteiger partial charge >= 0.3 is 0 Å². The van der Waals surface area contributed by atoms with E-state index >= 15 is 0 Å². The van der Waals surface area contributed by atoms with Crippen molar-refractivity contribution in [3.05, 3.63) is 34.0 Å².